The summed E-state index contributed by atoms with van der Waals surface area (Å²) < 4.78 is 28.6. The summed E-state index contributed by atoms with van der Waals surface area (Å²) in [6.07, 6.45) is 0.835. The number of piperidine rings is 1. The molecule has 0 aliphatic carbocycles. The quantitative estimate of drug-likeness (QED) is 0.872. The first-order valence-electron chi connectivity index (χ1n) is 8.88. The Morgan fingerprint density at radius 1 is 1.23 bits per heavy atom. The molecule has 2 aromatic rings. The third kappa shape index (κ3) is 2.59. The molecule has 5 nitrogen and oxygen atoms in total. The van der Waals surface area contributed by atoms with Crippen molar-refractivity contribution in [3.63, 3.8) is 0 Å². The summed E-state index contributed by atoms with van der Waals surface area (Å²) in [5.74, 6) is 0.215. The minimum absolute atomic E-state index is 0.0498. The minimum Gasteiger partial charge on any atom is -0.337 e. The van der Waals surface area contributed by atoms with E-state index in [4.69, 9.17) is 5.26 Å². The molecule has 1 fully saturated rings. The van der Waals surface area contributed by atoms with E-state index in [-0.39, 0.29) is 16.9 Å². The summed E-state index contributed by atoms with van der Waals surface area (Å²) in [6, 6.07) is 14.3. The predicted octanol–water partition coefficient (Wildman–Crippen LogP) is 1.45. The van der Waals surface area contributed by atoms with E-state index in [0.717, 1.165) is 36.3 Å². The van der Waals surface area contributed by atoms with E-state index in [1.807, 2.05) is 25.1 Å². The van der Waals surface area contributed by atoms with Gasteiger partial charge in [0.05, 0.1) is 54.3 Å². The van der Waals surface area contributed by atoms with Crippen molar-refractivity contribution in [1.82, 2.24) is 0 Å². The number of hydrogen-bond donors (Lipinski definition) is 1. The molecule has 0 saturated carbocycles. The summed E-state index contributed by atoms with van der Waals surface area (Å²) in [5.41, 5.74) is 3.44. The first-order valence-corrected chi connectivity index (χ1v) is 10.3. The Bertz CT molecular complexity index is 1010. The molecule has 4 rings (SSSR count). The Balaban J connectivity index is 1.86. The van der Waals surface area contributed by atoms with Gasteiger partial charge in [-0.3, -0.25) is 4.31 Å². The van der Waals surface area contributed by atoms with Crippen molar-refractivity contribution < 1.29 is 13.3 Å². The van der Waals surface area contributed by atoms with Gasteiger partial charge in [0.15, 0.2) is 0 Å². The summed E-state index contributed by atoms with van der Waals surface area (Å²) in [6.45, 7) is 3.94. The van der Waals surface area contributed by atoms with E-state index in [0.29, 0.717) is 5.56 Å². The van der Waals surface area contributed by atoms with Crippen molar-refractivity contribution in [3.8, 4) is 6.07 Å². The molecule has 26 heavy (non-hydrogen) atoms. The minimum atomic E-state index is -3.71. The number of quaternary nitrogens is 1. The largest absolute Gasteiger partial charge is 0.337 e. The fourth-order valence-electron chi connectivity index (χ4n) is 4.30. The number of fused-ring (bicyclic) bond motifs is 3. The Morgan fingerprint density at radius 3 is 2.81 bits per heavy atom. The van der Waals surface area contributed by atoms with Gasteiger partial charge in [-0.25, -0.2) is 8.42 Å². The number of nitriles is 1. The molecule has 6 heteroatoms. The number of nitrogens with zero attached hydrogens (tertiary/aromatic N) is 2. The number of nitrogens with one attached hydrogen (secondary N) is 1. The van der Waals surface area contributed by atoms with Crippen molar-refractivity contribution in [2.45, 2.75) is 30.2 Å². The molecule has 0 bridgehead atoms. The van der Waals surface area contributed by atoms with E-state index in [1.165, 1.54) is 11.0 Å². The smallest absolute Gasteiger partial charge is 0.264 e. The normalized spacial score (nSPS) is 24.7. The molecule has 2 aromatic carbocycles. The Morgan fingerprint density at radius 2 is 2.04 bits per heavy atom. The van der Waals surface area contributed by atoms with Crippen LogP contribution in [0.2, 0.25) is 0 Å². The van der Waals surface area contributed by atoms with Gasteiger partial charge in [-0.2, -0.15) is 5.26 Å². The van der Waals surface area contributed by atoms with Gasteiger partial charge < -0.3 is 4.90 Å². The second-order valence-corrected chi connectivity index (χ2v) is 9.19. The SMILES string of the molecule is Cc1ccc2c(c1)[C@H]1C[NH+](C)CC[C@@H]1N2S(=O)(=O)c1cccc(C#N)c1. The fourth-order valence-corrected chi connectivity index (χ4v) is 6.09. The molecule has 0 radical (unpaired) electrons. The number of likely N-dealkylation sites (tertiary alicyclic amines) is 1. The summed E-state index contributed by atoms with van der Waals surface area (Å²) in [5, 5.41) is 9.14. The third-order valence-electron chi connectivity index (χ3n) is 5.54. The van der Waals surface area contributed by atoms with Crippen LogP contribution in [0.3, 0.4) is 0 Å². The highest BCUT2D eigenvalue weighted by Gasteiger charge is 2.48. The monoisotopic (exact) mass is 368 g/mol. The van der Waals surface area contributed by atoms with E-state index in [9.17, 15) is 8.42 Å². The number of likely N-dealkylation sites (N-methyl/N-ethyl adjacent to an activating group) is 1. The van der Waals surface area contributed by atoms with Gasteiger partial charge in [0, 0.05) is 6.42 Å². The molecule has 0 aromatic heterocycles. The third-order valence-corrected chi connectivity index (χ3v) is 7.38. The van der Waals surface area contributed by atoms with Crippen LogP contribution in [0.4, 0.5) is 5.69 Å². The maximum Gasteiger partial charge on any atom is 0.264 e. The standard InChI is InChI=1S/C20H21N3O2S/c1-14-6-7-19-17(10-14)18-13-22(2)9-8-20(18)23(19)26(24,25)16-5-3-4-15(11-16)12-21/h3-7,10-11,18,20H,8-9,13H2,1-2H3/p+1/t18-,20+/m1/s1. The van der Waals surface area contributed by atoms with Gasteiger partial charge in [-0.1, -0.05) is 23.8 Å². The summed E-state index contributed by atoms with van der Waals surface area (Å²) in [7, 11) is -1.55. The lowest BCUT2D eigenvalue weighted by Crippen LogP contribution is -3.11. The van der Waals surface area contributed by atoms with Crippen molar-refractivity contribution >= 4 is 15.7 Å². The van der Waals surface area contributed by atoms with Crippen LogP contribution in [0.25, 0.3) is 0 Å². The molecule has 3 atom stereocenters. The topological polar surface area (TPSA) is 65.6 Å². The lowest BCUT2D eigenvalue weighted by atomic mass is 9.89. The molecule has 0 amide bonds. The van der Waals surface area contributed by atoms with Crippen LogP contribution in [-0.4, -0.2) is 34.6 Å². The highest BCUT2D eigenvalue weighted by Crippen LogP contribution is 2.45. The average Bonchev–Trinajstić information content (AvgIpc) is 2.95. The highest BCUT2D eigenvalue weighted by molar-refractivity contribution is 7.92. The van der Waals surface area contributed by atoms with E-state index >= 15 is 0 Å². The molecule has 2 aliphatic rings. The second-order valence-electron chi connectivity index (χ2n) is 7.38. The fraction of sp³-hybridized carbons (Fsp3) is 0.350. The van der Waals surface area contributed by atoms with Crippen molar-refractivity contribution in [2.24, 2.45) is 0 Å². The van der Waals surface area contributed by atoms with Crippen molar-refractivity contribution in [1.29, 1.82) is 5.26 Å². The van der Waals surface area contributed by atoms with Gasteiger partial charge in [-0.05, 0) is 36.8 Å². The maximum absolute atomic E-state index is 13.5. The molecule has 1 unspecified atom stereocenters. The lowest BCUT2D eigenvalue weighted by Gasteiger charge is -2.34. The van der Waals surface area contributed by atoms with Crippen molar-refractivity contribution in [2.75, 3.05) is 24.4 Å². The Hall–Kier alpha value is -2.36. The van der Waals surface area contributed by atoms with Crippen LogP contribution in [0.15, 0.2) is 47.4 Å². The number of sulfonamides is 1. The molecule has 1 saturated heterocycles. The lowest BCUT2D eigenvalue weighted by molar-refractivity contribution is -0.886. The molecule has 2 aliphatic heterocycles. The summed E-state index contributed by atoms with van der Waals surface area (Å²) in [4.78, 5) is 1.62. The Kier molecular flexibility index (Phi) is 4.02. The highest BCUT2D eigenvalue weighted by atomic mass is 32.2. The second kappa shape index (κ2) is 6.11. The van der Waals surface area contributed by atoms with Gasteiger partial charge in [-0.15, -0.1) is 0 Å². The first-order chi connectivity index (χ1) is 12.4. The van der Waals surface area contributed by atoms with Crippen LogP contribution in [0.1, 0.15) is 29.0 Å². The van der Waals surface area contributed by atoms with Crippen LogP contribution < -0.4 is 9.21 Å². The van der Waals surface area contributed by atoms with Crippen LogP contribution in [0.5, 0.6) is 0 Å². The zero-order valence-electron chi connectivity index (χ0n) is 14.9. The molecular formula is C20H22N3O2S+. The van der Waals surface area contributed by atoms with Crippen LogP contribution in [-0.2, 0) is 10.0 Å². The number of hydrogen-bond acceptors (Lipinski definition) is 3. The van der Waals surface area contributed by atoms with Crippen LogP contribution >= 0.6 is 0 Å². The van der Waals surface area contributed by atoms with Gasteiger partial charge in [0.1, 0.15) is 0 Å². The molecule has 2 heterocycles. The van der Waals surface area contributed by atoms with E-state index in [2.05, 4.69) is 13.1 Å². The molecule has 134 valence electrons. The number of anilines is 1. The molecular weight excluding hydrogens is 346 g/mol. The summed E-state index contributed by atoms with van der Waals surface area (Å²) >= 11 is 0. The van der Waals surface area contributed by atoms with Crippen molar-refractivity contribution in [3.05, 3.63) is 59.2 Å². The number of benzene rings is 2. The van der Waals surface area contributed by atoms with Gasteiger partial charge >= 0.3 is 0 Å². The number of rotatable bonds is 2. The zero-order chi connectivity index (χ0) is 18.5. The van der Waals surface area contributed by atoms with Gasteiger partial charge in [0.25, 0.3) is 10.0 Å². The van der Waals surface area contributed by atoms with E-state index < -0.39 is 10.0 Å². The number of aryl methyl sites for hydroxylation is 1. The Labute approximate surface area is 154 Å². The van der Waals surface area contributed by atoms with Gasteiger partial charge in [0.2, 0.25) is 0 Å². The van der Waals surface area contributed by atoms with E-state index in [1.54, 1.807) is 22.5 Å². The first kappa shape index (κ1) is 17.1. The molecule has 0 spiro atoms. The zero-order valence-corrected chi connectivity index (χ0v) is 15.8. The predicted molar refractivity (Wildman–Crippen MR) is 99.8 cm³/mol. The average molecular weight is 368 g/mol. The van der Waals surface area contributed by atoms with Crippen LogP contribution in [0, 0.1) is 18.3 Å². The maximum atomic E-state index is 13.5. The molecule has 1 N–H and O–H groups in total.